The molecule has 0 aliphatic carbocycles. The normalized spacial score (nSPS) is 10.2. The second kappa shape index (κ2) is 6.53. The molecule has 2 aromatic rings. The van der Waals surface area contributed by atoms with Gasteiger partial charge in [0.25, 0.3) is 0 Å². The molecule has 0 bridgehead atoms. The molecular formula is C13H16N4O2. The van der Waals surface area contributed by atoms with Gasteiger partial charge in [0, 0.05) is 6.42 Å². The number of hydrogen-bond acceptors (Lipinski definition) is 4. The van der Waals surface area contributed by atoms with Crippen molar-refractivity contribution in [3.8, 4) is 5.75 Å². The summed E-state index contributed by atoms with van der Waals surface area (Å²) in [6.07, 6.45) is 2.33. The molecule has 19 heavy (non-hydrogen) atoms. The SMILES string of the molecule is CCOc1ccccc1CCC(=O)Nc1ncn[nH]1. The van der Waals surface area contributed by atoms with E-state index in [1.807, 2.05) is 31.2 Å². The number of amides is 1. The summed E-state index contributed by atoms with van der Waals surface area (Å²) in [4.78, 5) is 15.5. The van der Waals surface area contributed by atoms with Gasteiger partial charge >= 0.3 is 0 Å². The number of aromatic nitrogens is 3. The van der Waals surface area contributed by atoms with E-state index >= 15 is 0 Å². The van der Waals surface area contributed by atoms with Crippen LogP contribution in [0.1, 0.15) is 18.9 Å². The number of ether oxygens (including phenoxy) is 1. The van der Waals surface area contributed by atoms with E-state index in [0.717, 1.165) is 11.3 Å². The van der Waals surface area contributed by atoms with Crippen LogP contribution in [0.3, 0.4) is 0 Å². The summed E-state index contributed by atoms with van der Waals surface area (Å²) >= 11 is 0. The number of aryl methyl sites for hydroxylation is 1. The second-order valence-corrected chi connectivity index (χ2v) is 3.92. The fraction of sp³-hybridized carbons (Fsp3) is 0.308. The fourth-order valence-corrected chi connectivity index (χ4v) is 1.72. The minimum Gasteiger partial charge on any atom is -0.494 e. The van der Waals surface area contributed by atoms with Gasteiger partial charge in [0.1, 0.15) is 12.1 Å². The minimum absolute atomic E-state index is 0.108. The zero-order chi connectivity index (χ0) is 13.5. The molecule has 6 nitrogen and oxygen atoms in total. The molecule has 0 unspecified atom stereocenters. The molecule has 1 aromatic carbocycles. The highest BCUT2D eigenvalue weighted by atomic mass is 16.5. The summed E-state index contributed by atoms with van der Waals surface area (Å²) in [6, 6.07) is 7.73. The van der Waals surface area contributed by atoms with Crippen molar-refractivity contribution in [3.05, 3.63) is 36.2 Å². The molecule has 6 heteroatoms. The third kappa shape index (κ3) is 3.80. The van der Waals surface area contributed by atoms with Gasteiger partial charge in [0.15, 0.2) is 0 Å². The number of anilines is 1. The van der Waals surface area contributed by atoms with Crippen LogP contribution in [-0.2, 0) is 11.2 Å². The van der Waals surface area contributed by atoms with E-state index in [2.05, 4.69) is 20.5 Å². The Morgan fingerprint density at radius 1 is 1.42 bits per heavy atom. The van der Waals surface area contributed by atoms with Crippen LogP contribution in [0.15, 0.2) is 30.6 Å². The molecule has 1 aromatic heterocycles. The van der Waals surface area contributed by atoms with Crippen LogP contribution in [0.25, 0.3) is 0 Å². The highest BCUT2D eigenvalue weighted by Crippen LogP contribution is 2.19. The van der Waals surface area contributed by atoms with Gasteiger partial charge in [0.05, 0.1) is 6.61 Å². The molecule has 0 radical (unpaired) electrons. The van der Waals surface area contributed by atoms with Crippen molar-refractivity contribution in [3.63, 3.8) is 0 Å². The zero-order valence-corrected chi connectivity index (χ0v) is 10.7. The monoisotopic (exact) mass is 260 g/mol. The minimum atomic E-state index is -0.108. The molecule has 0 saturated heterocycles. The van der Waals surface area contributed by atoms with Gasteiger partial charge in [-0.05, 0) is 25.0 Å². The van der Waals surface area contributed by atoms with E-state index < -0.39 is 0 Å². The quantitative estimate of drug-likeness (QED) is 0.829. The third-order valence-electron chi connectivity index (χ3n) is 2.57. The van der Waals surface area contributed by atoms with Gasteiger partial charge in [0.2, 0.25) is 11.9 Å². The number of carbonyl (C=O) groups is 1. The van der Waals surface area contributed by atoms with Gasteiger partial charge < -0.3 is 4.74 Å². The lowest BCUT2D eigenvalue weighted by Crippen LogP contribution is -2.13. The number of para-hydroxylation sites is 1. The predicted octanol–water partition coefficient (Wildman–Crippen LogP) is 1.77. The molecule has 0 spiro atoms. The van der Waals surface area contributed by atoms with Crippen LogP contribution in [0.4, 0.5) is 5.95 Å². The van der Waals surface area contributed by atoms with Crippen LogP contribution >= 0.6 is 0 Å². The molecule has 1 heterocycles. The number of H-pyrrole nitrogens is 1. The fourth-order valence-electron chi connectivity index (χ4n) is 1.72. The average Bonchev–Trinajstić information content (AvgIpc) is 2.91. The first-order chi connectivity index (χ1) is 9.29. The lowest BCUT2D eigenvalue weighted by molar-refractivity contribution is -0.116. The van der Waals surface area contributed by atoms with Gasteiger partial charge in [-0.15, -0.1) is 0 Å². The maximum atomic E-state index is 11.7. The summed E-state index contributed by atoms with van der Waals surface area (Å²) in [5, 5.41) is 8.88. The van der Waals surface area contributed by atoms with E-state index in [0.29, 0.717) is 25.4 Å². The van der Waals surface area contributed by atoms with E-state index in [-0.39, 0.29) is 5.91 Å². The number of rotatable bonds is 6. The average molecular weight is 260 g/mol. The van der Waals surface area contributed by atoms with E-state index in [9.17, 15) is 4.79 Å². The van der Waals surface area contributed by atoms with Gasteiger partial charge in [-0.1, -0.05) is 18.2 Å². The Morgan fingerprint density at radius 3 is 3.00 bits per heavy atom. The van der Waals surface area contributed by atoms with E-state index in [1.165, 1.54) is 6.33 Å². The number of benzene rings is 1. The molecule has 2 N–H and O–H groups in total. The molecule has 100 valence electrons. The van der Waals surface area contributed by atoms with Crippen molar-refractivity contribution in [1.29, 1.82) is 0 Å². The standard InChI is InChI=1S/C13H16N4O2/c1-2-19-11-6-4-3-5-10(11)7-8-12(18)16-13-14-9-15-17-13/h3-6,9H,2,7-8H2,1H3,(H2,14,15,16,17,18). The lowest BCUT2D eigenvalue weighted by atomic mass is 10.1. The Bertz CT molecular complexity index is 525. The van der Waals surface area contributed by atoms with E-state index in [1.54, 1.807) is 0 Å². The van der Waals surface area contributed by atoms with Crippen LogP contribution in [0.2, 0.25) is 0 Å². The molecule has 0 saturated carbocycles. The summed E-state index contributed by atoms with van der Waals surface area (Å²) < 4.78 is 5.51. The first kappa shape index (κ1) is 13.1. The van der Waals surface area contributed by atoms with E-state index in [4.69, 9.17) is 4.74 Å². The summed E-state index contributed by atoms with van der Waals surface area (Å²) in [5.41, 5.74) is 1.03. The largest absolute Gasteiger partial charge is 0.494 e. The van der Waals surface area contributed by atoms with Crippen molar-refractivity contribution in [2.75, 3.05) is 11.9 Å². The molecule has 0 atom stereocenters. The number of aromatic amines is 1. The Balaban J connectivity index is 1.89. The lowest BCUT2D eigenvalue weighted by Gasteiger charge is -2.09. The smallest absolute Gasteiger partial charge is 0.227 e. The summed E-state index contributed by atoms with van der Waals surface area (Å²) in [6.45, 7) is 2.55. The van der Waals surface area contributed by atoms with Gasteiger partial charge in [-0.2, -0.15) is 10.1 Å². The van der Waals surface area contributed by atoms with Crippen LogP contribution in [0.5, 0.6) is 5.75 Å². The number of nitrogens with one attached hydrogen (secondary N) is 2. The molecule has 0 aliphatic rings. The van der Waals surface area contributed by atoms with Crippen molar-refractivity contribution >= 4 is 11.9 Å². The number of carbonyl (C=O) groups excluding carboxylic acids is 1. The second-order valence-electron chi connectivity index (χ2n) is 3.92. The van der Waals surface area contributed by atoms with Crippen molar-refractivity contribution in [1.82, 2.24) is 15.2 Å². The van der Waals surface area contributed by atoms with Crippen LogP contribution < -0.4 is 10.1 Å². The topological polar surface area (TPSA) is 79.9 Å². The zero-order valence-electron chi connectivity index (χ0n) is 10.7. The molecule has 1 amide bonds. The third-order valence-corrected chi connectivity index (χ3v) is 2.57. The predicted molar refractivity (Wildman–Crippen MR) is 70.9 cm³/mol. The summed E-state index contributed by atoms with van der Waals surface area (Å²) in [7, 11) is 0. The maximum absolute atomic E-state index is 11.7. The Morgan fingerprint density at radius 2 is 2.26 bits per heavy atom. The van der Waals surface area contributed by atoms with Gasteiger partial charge in [-0.3, -0.25) is 10.1 Å². The van der Waals surface area contributed by atoms with Gasteiger partial charge in [-0.25, -0.2) is 5.10 Å². The van der Waals surface area contributed by atoms with Crippen molar-refractivity contribution in [2.45, 2.75) is 19.8 Å². The maximum Gasteiger partial charge on any atom is 0.227 e. The number of hydrogen-bond donors (Lipinski definition) is 2. The van der Waals surface area contributed by atoms with Crippen molar-refractivity contribution < 1.29 is 9.53 Å². The van der Waals surface area contributed by atoms with Crippen molar-refractivity contribution in [2.24, 2.45) is 0 Å². The molecule has 0 fully saturated rings. The Hall–Kier alpha value is -2.37. The molecular weight excluding hydrogens is 244 g/mol. The first-order valence-corrected chi connectivity index (χ1v) is 6.15. The van der Waals surface area contributed by atoms with Crippen LogP contribution in [-0.4, -0.2) is 27.7 Å². The highest BCUT2D eigenvalue weighted by Gasteiger charge is 2.07. The molecule has 0 aliphatic heterocycles. The highest BCUT2D eigenvalue weighted by molar-refractivity contribution is 5.88. The Labute approximate surface area is 111 Å². The Kier molecular flexibility index (Phi) is 4.49. The number of nitrogens with zero attached hydrogens (tertiary/aromatic N) is 2. The van der Waals surface area contributed by atoms with Crippen LogP contribution in [0, 0.1) is 0 Å². The first-order valence-electron chi connectivity index (χ1n) is 6.15. The molecule has 2 rings (SSSR count). The summed E-state index contributed by atoms with van der Waals surface area (Å²) in [5.74, 6) is 1.09.